The zero-order valence-electron chi connectivity index (χ0n) is 15.3. The Morgan fingerprint density at radius 2 is 1.89 bits per heavy atom. The second-order valence-corrected chi connectivity index (χ2v) is 6.99. The first kappa shape index (κ1) is 20.0. The first-order valence-corrected chi connectivity index (χ1v) is 9.68. The van der Waals surface area contributed by atoms with Gasteiger partial charge in [-0.1, -0.05) is 17.7 Å². The molecule has 1 N–H and O–H groups in total. The van der Waals surface area contributed by atoms with Gasteiger partial charge in [-0.3, -0.25) is 9.78 Å². The maximum atomic E-state index is 12.7. The van der Waals surface area contributed by atoms with Gasteiger partial charge in [-0.25, -0.2) is 4.98 Å². The van der Waals surface area contributed by atoms with Crippen LogP contribution in [0, 0.1) is 0 Å². The van der Waals surface area contributed by atoms with Gasteiger partial charge >= 0.3 is 0 Å². The molecule has 0 saturated heterocycles. The molecule has 1 aromatic carbocycles. The molecule has 0 aliphatic rings. The molecule has 0 unspecified atom stereocenters. The Morgan fingerprint density at radius 1 is 1.11 bits per heavy atom. The molecular weight excluding hydrogens is 398 g/mol. The summed E-state index contributed by atoms with van der Waals surface area (Å²) in [4.78, 5) is 21.0. The van der Waals surface area contributed by atoms with Crippen LogP contribution in [0.3, 0.4) is 0 Å². The zero-order valence-corrected chi connectivity index (χ0v) is 16.9. The fourth-order valence-electron chi connectivity index (χ4n) is 2.45. The van der Waals surface area contributed by atoms with Gasteiger partial charge < -0.3 is 14.8 Å². The van der Waals surface area contributed by atoms with Crippen LogP contribution in [0.2, 0.25) is 5.15 Å². The molecule has 28 heavy (non-hydrogen) atoms. The molecule has 144 valence electrons. The topological polar surface area (TPSA) is 73.3 Å². The molecular formula is C20H18ClN3O3S. The van der Waals surface area contributed by atoms with Crippen molar-refractivity contribution < 1.29 is 14.3 Å². The second kappa shape index (κ2) is 9.43. The number of methoxy groups -OCH3 is 2. The van der Waals surface area contributed by atoms with Crippen molar-refractivity contribution in [3.05, 3.63) is 71.1 Å². The van der Waals surface area contributed by atoms with Crippen LogP contribution in [0.5, 0.6) is 11.5 Å². The van der Waals surface area contributed by atoms with Crippen LogP contribution >= 0.6 is 23.4 Å². The van der Waals surface area contributed by atoms with E-state index in [1.165, 1.54) is 11.8 Å². The summed E-state index contributed by atoms with van der Waals surface area (Å²) in [6.45, 7) is 0. The Hall–Kier alpha value is -2.77. The predicted octanol–water partition coefficient (Wildman–Crippen LogP) is 4.69. The average Bonchev–Trinajstić information content (AvgIpc) is 2.72. The number of nitrogens with one attached hydrogen (secondary N) is 1. The predicted molar refractivity (Wildman–Crippen MR) is 111 cm³/mol. The quantitative estimate of drug-likeness (QED) is 0.445. The van der Waals surface area contributed by atoms with E-state index in [9.17, 15) is 4.79 Å². The standard InChI is InChI=1S/C20H18ClN3O3S/c1-26-15-4-3-13(17(11-15)27-2)12-28-20-16(5-6-18(21)24-20)19(25)23-14-7-9-22-10-8-14/h3-11H,12H2,1-2H3,(H,22,23,25). The minimum atomic E-state index is -0.264. The number of thioether (sulfide) groups is 1. The first-order chi connectivity index (χ1) is 13.6. The SMILES string of the molecule is COc1ccc(CSc2nc(Cl)ccc2C(=O)Nc2ccncc2)c(OC)c1. The summed E-state index contributed by atoms with van der Waals surface area (Å²) in [7, 11) is 3.21. The van der Waals surface area contributed by atoms with E-state index in [1.54, 1.807) is 50.9 Å². The normalized spacial score (nSPS) is 10.4. The number of carbonyl (C=O) groups excluding carboxylic acids is 1. The monoisotopic (exact) mass is 415 g/mol. The molecule has 8 heteroatoms. The lowest BCUT2D eigenvalue weighted by molar-refractivity contribution is 0.102. The molecule has 0 atom stereocenters. The number of carbonyl (C=O) groups is 1. The van der Waals surface area contributed by atoms with Gasteiger partial charge in [-0.2, -0.15) is 0 Å². The number of rotatable bonds is 7. The van der Waals surface area contributed by atoms with Gasteiger partial charge in [-0.05, 0) is 30.3 Å². The van der Waals surface area contributed by atoms with E-state index < -0.39 is 0 Å². The van der Waals surface area contributed by atoms with Crippen LogP contribution in [0.15, 0.2) is 59.9 Å². The number of hydrogen-bond acceptors (Lipinski definition) is 6. The maximum absolute atomic E-state index is 12.7. The molecule has 6 nitrogen and oxygen atoms in total. The maximum Gasteiger partial charge on any atom is 0.258 e. The molecule has 0 bridgehead atoms. The fraction of sp³-hybridized carbons (Fsp3) is 0.150. The van der Waals surface area contributed by atoms with Crippen LogP contribution in [0.4, 0.5) is 5.69 Å². The van der Waals surface area contributed by atoms with E-state index in [4.69, 9.17) is 21.1 Å². The third-order valence-electron chi connectivity index (χ3n) is 3.87. The first-order valence-electron chi connectivity index (χ1n) is 8.32. The van der Waals surface area contributed by atoms with Crippen molar-refractivity contribution in [2.45, 2.75) is 10.8 Å². The van der Waals surface area contributed by atoms with Crippen molar-refractivity contribution in [1.82, 2.24) is 9.97 Å². The summed E-state index contributed by atoms with van der Waals surface area (Å²) in [6, 6.07) is 12.3. The van der Waals surface area contributed by atoms with E-state index in [-0.39, 0.29) is 5.91 Å². The number of anilines is 1. The summed E-state index contributed by atoms with van der Waals surface area (Å²) in [6.07, 6.45) is 3.22. The van der Waals surface area contributed by atoms with Gasteiger partial charge in [0.15, 0.2) is 0 Å². The van der Waals surface area contributed by atoms with E-state index in [1.807, 2.05) is 18.2 Å². The molecule has 1 amide bonds. The minimum Gasteiger partial charge on any atom is -0.497 e. The summed E-state index contributed by atoms with van der Waals surface area (Å²) in [5, 5.41) is 3.70. The summed E-state index contributed by atoms with van der Waals surface area (Å²) < 4.78 is 10.7. The van der Waals surface area contributed by atoms with Crippen molar-refractivity contribution >= 4 is 35.0 Å². The lowest BCUT2D eigenvalue weighted by atomic mass is 10.2. The highest BCUT2D eigenvalue weighted by molar-refractivity contribution is 7.98. The van der Waals surface area contributed by atoms with E-state index >= 15 is 0 Å². The van der Waals surface area contributed by atoms with Gasteiger partial charge in [0.25, 0.3) is 5.91 Å². The van der Waals surface area contributed by atoms with E-state index in [2.05, 4.69) is 15.3 Å². The fourth-order valence-corrected chi connectivity index (χ4v) is 3.66. The molecule has 0 saturated carbocycles. The Morgan fingerprint density at radius 3 is 2.61 bits per heavy atom. The highest BCUT2D eigenvalue weighted by atomic mass is 35.5. The second-order valence-electron chi connectivity index (χ2n) is 5.64. The molecule has 3 aromatic rings. The van der Waals surface area contributed by atoms with Crippen molar-refractivity contribution in [2.24, 2.45) is 0 Å². The Balaban J connectivity index is 1.80. The van der Waals surface area contributed by atoms with Crippen LogP contribution in [-0.2, 0) is 5.75 Å². The smallest absolute Gasteiger partial charge is 0.258 e. The van der Waals surface area contributed by atoms with Crippen molar-refractivity contribution in [1.29, 1.82) is 0 Å². The highest BCUT2D eigenvalue weighted by Crippen LogP contribution is 2.32. The summed E-state index contributed by atoms with van der Waals surface area (Å²) >= 11 is 7.46. The third-order valence-corrected chi connectivity index (χ3v) is 5.12. The number of hydrogen-bond donors (Lipinski definition) is 1. The van der Waals surface area contributed by atoms with Crippen molar-refractivity contribution in [2.75, 3.05) is 19.5 Å². The third kappa shape index (κ3) is 4.94. The van der Waals surface area contributed by atoms with E-state index in [0.717, 1.165) is 5.56 Å². The summed E-state index contributed by atoms with van der Waals surface area (Å²) in [5.74, 6) is 1.70. The number of pyridine rings is 2. The number of amides is 1. The zero-order chi connectivity index (χ0) is 19.9. The van der Waals surface area contributed by atoms with Gasteiger partial charge in [-0.15, -0.1) is 11.8 Å². The number of ether oxygens (including phenoxy) is 2. The number of nitrogens with zero attached hydrogens (tertiary/aromatic N) is 2. The van der Waals surface area contributed by atoms with Crippen molar-refractivity contribution in [3.63, 3.8) is 0 Å². The molecule has 2 aromatic heterocycles. The molecule has 0 fully saturated rings. The molecule has 0 aliphatic carbocycles. The van der Waals surface area contributed by atoms with E-state index in [0.29, 0.717) is 38.7 Å². The largest absolute Gasteiger partial charge is 0.497 e. The lowest BCUT2D eigenvalue weighted by Gasteiger charge is -2.12. The average molecular weight is 416 g/mol. The Kier molecular flexibility index (Phi) is 6.73. The molecule has 3 rings (SSSR count). The van der Waals surface area contributed by atoms with Gasteiger partial charge in [0.2, 0.25) is 0 Å². The van der Waals surface area contributed by atoms with Gasteiger partial charge in [0.05, 0.1) is 19.8 Å². The highest BCUT2D eigenvalue weighted by Gasteiger charge is 2.16. The summed E-state index contributed by atoms with van der Waals surface area (Å²) in [5.41, 5.74) is 2.05. The molecule has 0 aliphatic heterocycles. The Labute approximate surface area is 172 Å². The minimum absolute atomic E-state index is 0.264. The van der Waals surface area contributed by atoms with Crippen LogP contribution in [0.1, 0.15) is 15.9 Å². The van der Waals surface area contributed by atoms with Gasteiger partial charge in [0, 0.05) is 35.5 Å². The molecule has 0 radical (unpaired) electrons. The number of benzene rings is 1. The van der Waals surface area contributed by atoms with Crippen molar-refractivity contribution in [3.8, 4) is 11.5 Å². The van der Waals surface area contributed by atoms with Gasteiger partial charge in [0.1, 0.15) is 21.7 Å². The van der Waals surface area contributed by atoms with Crippen LogP contribution in [-0.4, -0.2) is 30.1 Å². The molecule has 0 spiro atoms. The Bertz CT molecular complexity index is 970. The number of halogens is 1. The number of aromatic nitrogens is 2. The van der Waals surface area contributed by atoms with Crippen LogP contribution < -0.4 is 14.8 Å². The lowest BCUT2D eigenvalue weighted by Crippen LogP contribution is -2.13. The van der Waals surface area contributed by atoms with Crippen LogP contribution in [0.25, 0.3) is 0 Å². The molecule has 2 heterocycles.